The summed E-state index contributed by atoms with van der Waals surface area (Å²) in [5.41, 5.74) is 6.52. The number of amides is 1. The standard InChI is InChI=1S/C19H25FN2O2.ClH/c20-16-8-6-13(7-9-16)18(23)15-4-2-10-22(12-15)19(24)14-3-1-5-17(21)11-14;/h6-9,14-15,17H,1-5,10-12,21H2;1H. The Kier molecular flexibility index (Phi) is 6.96. The molecule has 1 aliphatic heterocycles. The van der Waals surface area contributed by atoms with E-state index in [2.05, 4.69) is 0 Å². The number of ketones is 1. The Labute approximate surface area is 154 Å². The molecule has 2 fully saturated rings. The third kappa shape index (κ3) is 4.79. The van der Waals surface area contributed by atoms with E-state index in [0.717, 1.165) is 45.1 Å². The molecule has 0 bridgehead atoms. The molecule has 2 aliphatic rings. The van der Waals surface area contributed by atoms with Gasteiger partial charge in [0.2, 0.25) is 5.91 Å². The lowest BCUT2D eigenvalue weighted by molar-refractivity contribution is -0.138. The fourth-order valence-electron chi connectivity index (χ4n) is 3.95. The molecule has 1 heterocycles. The average molecular weight is 369 g/mol. The Morgan fingerprint density at radius 1 is 1.04 bits per heavy atom. The predicted octanol–water partition coefficient (Wildman–Crippen LogP) is 3.19. The molecule has 1 amide bonds. The van der Waals surface area contributed by atoms with Gasteiger partial charge >= 0.3 is 0 Å². The second-order valence-electron chi connectivity index (χ2n) is 7.12. The third-order valence-corrected chi connectivity index (χ3v) is 5.30. The minimum Gasteiger partial charge on any atom is -0.342 e. The summed E-state index contributed by atoms with van der Waals surface area (Å²) in [5.74, 6) is -0.367. The van der Waals surface area contributed by atoms with Crippen LogP contribution in [0.5, 0.6) is 0 Å². The van der Waals surface area contributed by atoms with Crippen LogP contribution in [0.1, 0.15) is 48.9 Å². The minimum atomic E-state index is -0.347. The maximum absolute atomic E-state index is 13.0. The Bertz CT molecular complexity index is 608. The van der Waals surface area contributed by atoms with Crippen molar-refractivity contribution in [1.29, 1.82) is 0 Å². The van der Waals surface area contributed by atoms with Gasteiger partial charge in [0.25, 0.3) is 0 Å². The zero-order valence-corrected chi connectivity index (χ0v) is 15.1. The van der Waals surface area contributed by atoms with E-state index in [-0.39, 0.29) is 47.8 Å². The molecule has 0 spiro atoms. The van der Waals surface area contributed by atoms with Crippen LogP contribution in [0.3, 0.4) is 0 Å². The van der Waals surface area contributed by atoms with Crippen molar-refractivity contribution in [1.82, 2.24) is 4.90 Å². The highest BCUT2D eigenvalue weighted by molar-refractivity contribution is 5.98. The molecule has 4 nitrogen and oxygen atoms in total. The molecular weight excluding hydrogens is 343 g/mol. The molecule has 1 aliphatic carbocycles. The van der Waals surface area contributed by atoms with Crippen molar-refractivity contribution in [2.45, 2.75) is 44.6 Å². The molecule has 3 atom stereocenters. The number of halogens is 2. The number of hydrogen-bond acceptors (Lipinski definition) is 3. The summed E-state index contributed by atoms with van der Waals surface area (Å²) in [7, 11) is 0. The summed E-state index contributed by atoms with van der Waals surface area (Å²) in [6, 6.07) is 5.79. The number of nitrogens with zero attached hydrogens (tertiary/aromatic N) is 1. The van der Waals surface area contributed by atoms with Crippen molar-refractivity contribution in [3.63, 3.8) is 0 Å². The van der Waals surface area contributed by atoms with Gasteiger partial charge in [-0.25, -0.2) is 4.39 Å². The first-order valence-corrected chi connectivity index (χ1v) is 8.88. The Morgan fingerprint density at radius 3 is 2.40 bits per heavy atom. The van der Waals surface area contributed by atoms with Crippen molar-refractivity contribution in [2.75, 3.05) is 13.1 Å². The maximum Gasteiger partial charge on any atom is 0.225 e. The van der Waals surface area contributed by atoms with Gasteiger partial charge in [-0.3, -0.25) is 9.59 Å². The highest BCUT2D eigenvalue weighted by Gasteiger charge is 2.33. The van der Waals surface area contributed by atoms with Crippen molar-refractivity contribution < 1.29 is 14.0 Å². The van der Waals surface area contributed by atoms with Gasteiger partial charge in [-0.05, 0) is 56.4 Å². The van der Waals surface area contributed by atoms with Crippen LogP contribution < -0.4 is 5.73 Å². The van der Waals surface area contributed by atoms with E-state index in [1.165, 1.54) is 24.3 Å². The van der Waals surface area contributed by atoms with Crippen LogP contribution in [0.2, 0.25) is 0 Å². The third-order valence-electron chi connectivity index (χ3n) is 5.30. The average Bonchev–Trinajstić information content (AvgIpc) is 2.61. The summed E-state index contributed by atoms with van der Waals surface area (Å²) in [4.78, 5) is 27.2. The number of nitrogens with two attached hydrogens (primary N) is 1. The zero-order valence-electron chi connectivity index (χ0n) is 14.3. The van der Waals surface area contributed by atoms with Crippen LogP contribution in [-0.4, -0.2) is 35.7 Å². The molecule has 3 unspecified atom stereocenters. The van der Waals surface area contributed by atoms with Crippen LogP contribution in [0.4, 0.5) is 4.39 Å². The SMILES string of the molecule is Cl.NC1CCCC(C(=O)N2CCCC(C(=O)c3ccc(F)cc3)C2)C1. The van der Waals surface area contributed by atoms with Gasteiger partial charge in [0.15, 0.2) is 5.78 Å². The number of rotatable bonds is 3. The number of carbonyl (C=O) groups is 2. The van der Waals surface area contributed by atoms with Gasteiger partial charge < -0.3 is 10.6 Å². The lowest BCUT2D eigenvalue weighted by Gasteiger charge is -2.36. The molecule has 0 radical (unpaired) electrons. The Hall–Kier alpha value is -1.46. The van der Waals surface area contributed by atoms with E-state index in [9.17, 15) is 14.0 Å². The first-order chi connectivity index (χ1) is 11.5. The largest absolute Gasteiger partial charge is 0.342 e. The molecule has 1 saturated heterocycles. The minimum absolute atomic E-state index is 0. The Morgan fingerprint density at radius 2 is 1.72 bits per heavy atom. The molecule has 1 aromatic rings. The van der Waals surface area contributed by atoms with Crippen molar-refractivity contribution >= 4 is 24.1 Å². The van der Waals surface area contributed by atoms with Crippen LogP contribution in [0.15, 0.2) is 24.3 Å². The number of hydrogen-bond donors (Lipinski definition) is 1. The van der Waals surface area contributed by atoms with Crippen LogP contribution in [0, 0.1) is 17.7 Å². The lowest BCUT2D eigenvalue weighted by Crippen LogP contribution is -2.46. The molecule has 2 N–H and O–H groups in total. The van der Waals surface area contributed by atoms with Crippen molar-refractivity contribution in [2.24, 2.45) is 17.6 Å². The number of Topliss-reactive ketones (excluding diaryl/α,β-unsaturated/α-hetero) is 1. The second kappa shape index (κ2) is 8.77. The van der Waals surface area contributed by atoms with Crippen molar-refractivity contribution in [3.05, 3.63) is 35.6 Å². The number of likely N-dealkylation sites (tertiary alicyclic amines) is 1. The van der Waals surface area contributed by atoms with Gasteiger partial charge in [0.1, 0.15) is 5.82 Å². The summed E-state index contributed by atoms with van der Waals surface area (Å²) in [5, 5.41) is 0. The number of benzene rings is 1. The quantitative estimate of drug-likeness (QED) is 0.833. The van der Waals surface area contributed by atoms with Gasteiger partial charge in [0, 0.05) is 36.5 Å². The van der Waals surface area contributed by atoms with Gasteiger partial charge in [-0.1, -0.05) is 6.42 Å². The summed E-state index contributed by atoms with van der Waals surface area (Å²) in [6.45, 7) is 1.19. The van der Waals surface area contributed by atoms with Crippen LogP contribution in [0.25, 0.3) is 0 Å². The zero-order chi connectivity index (χ0) is 17.1. The van der Waals surface area contributed by atoms with Crippen molar-refractivity contribution in [3.8, 4) is 0 Å². The van der Waals surface area contributed by atoms with E-state index < -0.39 is 0 Å². The van der Waals surface area contributed by atoms with E-state index >= 15 is 0 Å². The summed E-state index contributed by atoms with van der Waals surface area (Å²) >= 11 is 0. The smallest absolute Gasteiger partial charge is 0.225 e. The normalized spacial score (nSPS) is 26.6. The first kappa shape index (κ1) is 19.9. The monoisotopic (exact) mass is 368 g/mol. The van der Waals surface area contributed by atoms with E-state index in [4.69, 9.17) is 5.73 Å². The second-order valence-corrected chi connectivity index (χ2v) is 7.12. The Balaban J connectivity index is 0.00000225. The lowest BCUT2D eigenvalue weighted by atomic mass is 9.84. The van der Waals surface area contributed by atoms with Crippen LogP contribution in [-0.2, 0) is 4.79 Å². The molecule has 1 saturated carbocycles. The highest BCUT2D eigenvalue weighted by Crippen LogP contribution is 2.28. The molecule has 25 heavy (non-hydrogen) atoms. The fourth-order valence-corrected chi connectivity index (χ4v) is 3.95. The number of carbonyl (C=O) groups excluding carboxylic acids is 2. The van der Waals surface area contributed by atoms with E-state index in [1.807, 2.05) is 4.90 Å². The fraction of sp³-hybridized carbons (Fsp3) is 0.579. The molecule has 6 heteroatoms. The number of piperidine rings is 1. The van der Waals surface area contributed by atoms with Crippen LogP contribution >= 0.6 is 12.4 Å². The highest BCUT2D eigenvalue weighted by atomic mass is 35.5. The molecule has 138 valence electrons. The van der Waals surface area contributed by atoms with E-state index in [0.29, 0.717) is 12.1 Å². The molecule has 1 aromatic carbocycles. The van der Waals surface area contributed by atoms with Gasteiger partial charge in [-0.15, -0.1) is 12.4 Å². The summed E-state index contributed by atoms with van der Waals surface area (Å²) in [6.07, 6.45) is 5.27. The molecule has 0 aromatic heterocycles. The first-order valence-electron chi connectivity index (χ1n) is 8.88. The van der Waals surface area contributed by atoms with E-state index in [1.54, 1.807) is 0 Å². The molecule has 3 rings (SSSR count). The summed E-state index contributed by atoms with van der Waals surface area (Å²) < 4.78 is 13.0. The van der Waals surface area contributed by atoms with Gasteiger partial charge in [0.05, 0.1) is 0 Å². The van der Waals surface area contributed by atoms with Gasteiger partial charge in [-0.2, -0.15) is 0 Å². The predicted molar refractivity (Wildman–Crippen MR) is 97.2 cm³/mol. The molecular formula is C19H26ClFN2O2. The topological polar surface area (TPSA) is 63.4 Å². The maximum atomic E-state index is 13.0.